The molecule has 26 heavy (non-hydrogen) atoms. The molecule has 0 amide bonds. The molecule has 1 fully saturated rings. The average molecular weight is 387 g/mol. The molecular formula is C17H17F4N3OS. The summed E-state index contributed by atoms with van der Waals surface area (Å²) in [6.45, 7) is 0. The number of benzene rings is 1. The first-order valence-electron chi connectivity index (χ1n) is 8.20. The van der Waals surface area contributed by atoms with E-state index < -0.39 is 28.9 Å². The van der Waals surface area contributed by atoms with Gasteiger partial charge in [-0.3, -0.25) is 4.79 Å². The van der Waals surface area contributed by atoms with E-state index in [-0.39, 0.29) is 16.7 Å². The normalized spacial score (nSPS) is 15.8. The van der Waals surface area contributed by atoms with Gasteiger partial charge in [0.1, 0.15) is 16.5 Å². The van der Waals surface area contributed by atoms with Crippen LogP contribution in [0, 0.1) is 5.82 Å². The lowest BCUT2D eigenvalue weighted by Gasteiger charge is -2.22. The summed E-state index contributed by atoms with van der Waals surface area (Å²) in [5.74, 6) is -2.11. The zero-order valence-electron chi connectivity index (χ0n) is 13.7. The smallest absolute Gasteiger partial charge is 0.382 e. The lowest BCUT2D eigenvalue weighted by molar-refractivity contribution is -0.138. The Hall–Kier alpha value is -2.16. The molecule has 1 aromatic heterocycles. The van der Waals surface area contributed by atoms with Gasteiger partial charge in [-0.2, -0.15) is 13.2 Å². The van der Waals surface area contributed by atoms with E-state index in [2.05, 4.69) is 10.3 Å². The molecule has 0 unspecified atom stereocenters. The standard InChI is InChI=1S/C17H17F4N3OS/c18-9-6-7-11(12(8-9)17(19,20)21)13(25)14-15(22)24-16(26-14)23-10-4-2-1-3-5-10/h6-8,10H,1-5,22H2,(H,23,24). The van der Waals surface area contributed by atoms with Crippen LogP contribution in [0.5, 0.6) is 0 Å². The summed E-state index contributed by atoms with van der Waals surface area (Å²) in [4.78, 5) is 16.6. The number of nitrogens with one attached hydrogen (secondary N) is 1. The van der Waals surface area contributed by atoms with E-state index >= 15 is 0 Å². The first-order valence-corrected chi connectivity index (χ1v) is 9.01. The number of carbonyl (C=O) groups excluding carboxylic acids is 1. The summed E-state index contributed by atoms with van der Waals surface area (Å²) in [5.41, 5.74) is 3.79. The number of nitrogens with two attached hydrogens (primary N) is 1. The molecule has 0 spiro atoms. The lowest BCUT2D eigenvalue weighted by Crippen LogP contribution is -2.22. The van der Waals surface area contributed by atoms with Gasteiger partial charge in [-0.25, -0.2) is 9.37 Å². The van der Waals surface area contributed by atoms with Gasteiger partial charge in [0.15, 0.2) is 5.13 Å². The molecule has 0 atom stereocenters. The Morgan fingerprint density at radius 2 is 1.92 bits per heavy atom. The summed E-state index contributed by atoms with van der Waals surface area (Å²) >= 11 is 0.922. The van der Waals surface area contributed by atoms with E-state index in [1.165, 1.54) is 6.42 Å². The highest BCUT2D eigenvalue weighted by molar-refractivity contribution is 7.18. The highest BCUT2D eigenvalue weighted by atomic mass is 32.1. The van der Waals surface area contributed by atoms with Gasteiger partial charge in [0.05, 0.1) is 5.56 Å². The number of anilines is 2. The van der Waals surface area contributed by atoms with Crippen LogP contribution in [0.4, 0.5) is 28.5 Å². The van der Waals surface area contributed by atoms with Gasteiger partial charge in [-0.15, -0.1) is 0 Å². The maximum atomic E-state index is 13.2. The van der Waals surface area contributed by atoms with Crippen molar-refractivity contribution in [2.45, 2.75) is 44.3 Å². The number of aromatic nitrogens is 1. The molecule has 0 bridgehead atoms. The van der Waals surface area contributed by atoms with Gasteiger partial charge >= 0.3 is 6.18 Å². The minimum Gasteiger partial charge on any atom is -0.382 e. The minimum atomic E-state index is -4.85. The van der Waals surface area contributed by atoms with Gasteiger partial charge in [0.2, 0.25) is 5.78 Å². The number of hydrogen-bond acceptors (Lipinski definition) is 5. The van der Waals surface area contributed by atoms with Crippen molar-refractivity contribution in [1.29, 1.82) is 0 Å². The number of carbonyl (C=O) groups is 1. The molecule has 1 aliphatic rings. The van der Waals surface area contributed by atoms with Crippen molar-refractivity contribution in [2.75, 3.05) is 11.1 Å². The molecule has 1 heterocycles. The largest absolute Gasteiger partial charge is 0.417 e. The summed E-state index contributed by atoms with van der Waals surface area (Å²) in [5, 5.41) is 3.61. The maximum Gasteiger partial charge on any atom is 0.417 e. The predicted molar refractivity (Wildman–Crippen MR) is 91.9 cm³/mol. The molecule has 0 saturated heterocycles. The van der Waals surface area contributed by atoms with Gasteiger partial charge in [0.25, 0.3) is 0 Å². The fraction of sp³-hybridized carbons (Fsp3) is 0.412. The molecule has 2 aromatic rings. The Kier molecular flexibility index (Phi) is 5.17. The van der Waals surface area contributed by atoms with Crippen molar-refractivity contribution < 1.29 is 22.4 Å². The van der Waals surface area contributed by atoms with Gasteiger partial charge < -0.3 is 11.1 Å². The molecule has 9 heteroatoms. The molecule has 1 aliphatic carbocycles. The van der Waals surface area contributed by atoms with Crippen LogP contribution in [-0.2, 0) is 6.18 Å². The maximum absolute atomic E-state index is 13.2. The second-order valence-electron chi connectivity index (χ2n) is 6.23. The van der Waals surface area contributed by atoms with Gasteiger partial charge in [-0.05, 0) is 31.0 Å². The van der Waals surface area contributed by atoms with Crippen LogP contribution in [0.2, 0.25) is 0 Å². The Morgan fingerprint density at radius 1 is 1.23 bits per heavy atom. The second-order valence-corrected chi connectivity index (χ2v) is 7.23. The van der Waals surface area contributed by atoms with Crippen molar-refractivity contribution in [3.8, 4) is 0 Å². The third-order valence-electron chi connectivity index (χ3n) is 4.32. The number of alkyl halides is 3. The Morgan fingerprint density at radius 3 is 2.58 bits per heavy atom. The SMILES string of the molecule is Nc1nc(NC2CCCCC2)sc1C(=O)c1ccc(F)cc1C(F)(F)F. The van der Waals surface area contributed by atoms with Crippen LogP contribution in [0.1, 0.15) is 52.9 Å². The van der Waals surface area contributed by atoms with Gasteiger partial charge in [0, 0.05) is 11.6 Å². The lowest BCUT2D eigenvalue weighted by atomic mass is 9.96. The zero-order chi connectivity index (χ0) is 18.9. The van der Waals surface area contributed by atoms with Crippen LogP contribution < -0.4 is 11.1 Å². The van der Waals surface area contributed by atoms with Crippen molar-refractivity contribution >= 4 is 28.1 Å². The first kappa shape index (κ1) is 18.6. The van der Waals surface area contributed by atoms with Crippen molar-refractivity contribution in [2.24, 2.45) is 0 Å². The van der Waals surface area contributed by atoms with E-state index in [4.69, 9.17) is 5.73 Å². The third-order valence-corrected chi connectivity index (χ3v) is 5.33. The van der Waals surface area contributed by atoms with Crippen LogP contribution >= 0.6 is 11.3 Å². The fourth-order valence-corrected chi connectivity index (χ4v) is 3.97. The summed E-state index contributed by atoms with van der Waals surface area (Å²) < 4.78 is 52.7. The van der Waals surface area contributed by atoms with Crippen LogP contribution in [0.3, 0.4) is 0 Å². The van der Waals surface area contributed by atoms with Crippen LogP contribution in [0.15, 0.2) is 18.2 Å². The first-order chi connectivity index (χ1) is 12.3. The molecule has 4 nitrogen and oxygen atoms in total. The van der Waals surface area contributed by atoms with Crippen LogP contribution in [0.25, 0.3) is 0 Å². The fourth-order valence-electron chi connectivity index (χ4n) is 3.05. The number of thiazole rings is 1. The van der Waals surface area contributed by atoms with E-state index in [0.29, 0.717) is 11.2 Å². The van der Waals surface area contributed by atoms with E-state index in [1.807, 2.05) is 0 Å². The van der Waals surface area contributed by atoms with Crippen molar-refractivity contribution in [3.63, 3.8) is 0 Å². The van der Waals surface area contributed by atoms with Crippen LogP contribution in [-0.4, -0.2) is 16.8 Å². The number of rotatable bonds is 4. The van der Waals surface area contributed by atoms with Gasteiger partial charge in [-0.1, -0.05) is 30.6 Å². The Labute approximate surface area is 151 Å². The second kappa shape index (κ2) is 7.22. The molecule has 0 aliphatic heterocycles. The molecule has 0 radical (unpaired) electrons. The molecule has 3 N–H and O–H groups in total. The van der Waals surface area contributed by atoms with E-state index in [1.54, 1.807) is 0 Å². The number of hydrogen-bond donors (Lipinski definition) is 2. The molecule has 3 rings (SSSR count). The monoisotopic (exact) mass is 387 g/mol. The Bertz CT molecular complexity index is 813. The molecule has 1 aromatic carbocycles. The van der Waals surface area contributed by atoms with Crippen molar-refractivity contribution in [3.05, 3.63) is 40.0 Å². The number of ketones is 1. The highest BCUT2D eigenvalue weighted by Gasteiger charge is 2.36. The summed E-state index contributed by atoms with van der Waals surface area (Å²) in [7, 11) is 0. The number of nitrogen functional groups attached to an aromatic ring is 1. The highest BCUT2D eigenvalue weighted by Crippen LogP contribution is 2.36. The third kappa shape index (κ3) is 3.98. The van der Waals surface area contributed by atoms with Crippen molar-refractivity contribution in [1.82, 2.24) is 4.98 Å². The quantitative estimate of drug-likeness (QED) is 0.581. The average Bonchev–Trinajstić information content (AvgIpc) is 2.94. The summed E-state index contributed by atoms with van der Waals surface area (Å²) in [6.07, 6.45) is 0.448. The number of halogens is 4. The molecule has 1 saturated carbocycles. The molecule has 140 valence electrons. The Balaban J connectivity index is 1.89. The van der Waals surface area contributed by atoms with E-state index in [0.717, 1.165) is 49.2 Å². The van der Waals surface area contributed by atoms with E-state index in [9.17, 15) is 22.4 Å². The topological polar surface area (TPSA) is 68.0 Å². The number of nitrogens with zero attached hydrogens (tertiary/aromatic N) is 1. The minimum absolute atomic E-state index is 0.0829. The summed E-state index contributed by atoms with van der Waals surface area (Å²) in [6, 6.07) is 2.18. The predicted octanol–water partition coefficient (Wildman–Crippen LogP) is 4.86. The molecular weight excluding hydrogens is 370 g/mol. The zero-order valence-corrected chi connectivity index (χ0v) is 14.5.